The monoisotopic (exact) mass is 573 g/mol. The second-order valence-electron chi connectivity index (χ2n) is 9.79. The number of fused-ring (bicyclic) bond motifs is 1. The van der Waals surface area contributed by atoms with Crippen LogP contribution in [-0.4, -0.2) is 92.4 Å². The third-order valence-corrected chi connectivity index (χ3v) is 7.41. The first-order valence-corrected chi connectivity index (χ1v) is 13.3. The van der Waals surface area contributed by atoms with E-state index in [1.165, 1.54) is 24.3 Å². The van der Waals surface area contributed by atoms with Crippen LogP contribution in [0.15, 0.2) is 30.9 Å². The van der Waals surface area contributed by atoms with Crippen molar-refractivity contribution in [3.63, 3.8) is 0 Å². The van der Waals surface area contributed by atoms with E-state index in [2.05, 4.69) is 25.6 Å². The number of halogens is 1. The number of aliphatic hydroxyl groups is 1. The van der Waals surface area contributed by atoms with E-state index in [1.807, 2.05) is 0 Å². The number of aromatic nitrogens is 4. The van der Waals surface area contributed by atoms with Crippen molar-refractivity contribution in [1.82, 2.24) is 29.7 Å². The van der Waals surface area contributed by atoms with Gasteiger partial charge in [-0.2, -0.15) is 0 Å². The molecule has 4 atom stereocenters. The number of carbonyl (C=O) groups is 2. The maximum Gasteiger partial charge on any atom is 0.260 e. The van der Waals surface area contributed by atoms with E-state index in [1.54, 1.807) is 23.1 Å². The van der Waals surface area contributed by atoms with Crippen LogP contribution < -0.4 is 26.8 Å². The fraction of sp³-hybridized carbons (Fsp3) is 0.480. The number of nitrogens with one attached hydrogen (secondary N) is 2. The number of ether oxygens (including phenoxy) is 2. The molecule has 0 radical (unpaired) electrons. The van der Waals surface area contributed by atoms with Crippen LogP contribution in [0.3, 0.4) is 0 Å². The molecule has 2 aromatic heterocycles. The van der Waals surface area contributed by atoms with Crippen molar-refractivity contribution in [3.8, 4) is 5.75 Å². The summed E-state index contributed by atoms with van der Waals surface area (Å²) >= 11 is 6.25. The zero-order chi connectivity index (χ0) is 28.4. The summed E-state index contributed by atoms with van der Waals surface area (Å²) in [7, 11) is 1.47. The SMILES string of the molecule is CNC(=O)[C@H]1O[C@@H](n2cnc3c(NCc4cc(Cl)ccc4OCC(=O)N4CCC(N)CC4)ncnc32)[C@H](O)[C@@H]1N. The Hall–Kier alpha value is -3.56. The van der Waals surface area contributed by atoms with Crippen molar-refractivity contribution in [1.29, 1.82) is 0 Å². The van der Waals surface area contributed by atoms with Gasteiger partial charge in [-0.25, -0.2) is 15.0 Å². The third kappa shape index (κ3) is 5.67. The first-order chi connectivity index (χ1) is 19.3. The summed E-state index contributed by atoms with van der Waals surface area (Å²) in [5.41, 5.74) is 13.5. The van der Waals surface area contributed by atoms with Crippen LogP contribution in [-0.2, 0) is 20.9 Å². The summed E-state index contributed by atoms with van der Waals surface area (Å²) < 4.78 is 13.2. The van der Waals surface area contributed by atoms with Crippen molar-refractivity contribution >= 4 is 40.4 Å². The molecule has 7 N–H and O–H groups in total. The largest absolute Gasteiger partial charge is 0.483 e. The van der Waals surface area contributed by atoms with Crippen LogP contribution in [0.4, 0.5) is 5.82 Å². The molecule has 2 aliphatic heterocycles. The van der Waals surface area contributed by atoms with Crippen LogP contribution in [0, 0.1) is 0 Å². The molecule has 2 amide bonds. The van der Waals surface area contributed by atoms with E-state index in [0.29, 0.717) is 46.4 Å². The minimum absolute atomic E-state index is 0.0986. The third-order valence-electron chi connectivity index (χ3n) is 7.17. The van der Waals surface area contributed by atoms with Crippen LogP contribution >= 0.6 is 11.6 Å². The van der Waals surface area contributed by atoms with Crippen molar-refractivity contribution < 1.29 is 24.2 Å². The lowest BCUT2D eigenvalue weighted by Gasteiger charge is -2.30. The standard InChI is InChI=1S/C25H32ClN9O5/c1-29-24(38)21-18(28)20(37)25(40-21)35-12-33-19-22(31-11-32-23(19)35)30-9-13-8-14(26)2-3-16(13)39-10-17(36)34-6-4-15(27)5-7-34/h2-3,8,11-12,15,18,20-21,25,37H,4-7,9-10,27-28H2,1H3,(H,29,38)(H,30,31,32)/t18-,20+,21-,25+/m0/s1. The number of imidazole rings is 1. The quantitative estimate of drug-likeness (QED) is 0.238. The molecule has 2 saturated heterocycles. The highest BCUT2D eigenvalue weighted by atomic mass is 35.5. The molecule has 5 rings (SSSR count). The number of piperidine rings is 1. The highest BCUT2D eigenvalue weighted by Crippen LogP contribution is 2.32. The summed E-state index contributed by atoms with van der Waals surface area (Å²) in [5.74, 6) is 0.386. The molecule has 2 fully saturated rings. The predicted octanol–water partition coefficient (Wildman–Crippen LogP) is -0.248. The fourth-order valence-corrected chi connectivity index (χ4v) is 5.05. The van der Waals surface area contributed by atoms with Gasteiger partial charge in [0.05, 0.1) is 12.4 Å². The minimum Gasteiger partial charge on any atom is -0.483 e. The Kier molecular flexibility index (Phi) is 8.32. The number of amides is 2. The van der Waals surface area contributed by atoms with Gasteiger partial charge >= 0.3 is 0 Å². The van der Waals surface area contributed by atoms with Crippen LogP contribution in [0.5, 0.6) is 5.75 Å². The zero-order valence-corrected chi connectivity index (χ0v) is 22.6. The molecule has 15 heteroatoms. The average molecular weight is 574 g/mol. The predicted molar refractivity (Wildman–Crippen MR) is 145 cm³/mol. The van der Waals surface area contributed by atoms with Crippen molar-refractivity contribution in [2.45, 2.75) is 49.9 Å². The molecule has 0 saturated carbocycles. The molecule has 2 aliphatic rings. The number of likely N-dealkylation sites (N-methyl/N-ethyl adjacent to an activating group) is 1. The molecular formula is C25H32ClN9O5. The normalized spacial score (nSPS) is 23.4. The molecule has 0 bridgehead atoms. The first-order valence-electron chi connectivity index (χ1n) is 12.9. The number of benzene rings is 1. The Morgan fingerprint density at radius 2 is 2.00 bits per heavy atom. The van der Waals surface area contributed by atoms with E-state index in [4.69, 9.17) is 32.5 Å². The lowest BCUT2D eigenvalue weighted by atomic mass is 10.1. The summed E-state index contributed by atoms with van der Waals surface area (Å²) in [5, 5.41) is 16.9. The van der Waals surface area contributed by atoms with Crippen molar-refractivity contribution in [3.05, 3.63) is 41.4 Å². The van der Waals surface area contributed by atoms with E-state index in [-0.39, 0.29) is 25.1 Å². The topological polar surface area (TPSA) is 196 Å². The molecule has 40 heavy (non-hydrogen) atoms. The Balaban J connectivity index is 1.29. The van der Waals surface area contributed by atoms with Crippen LogP contribution in [0.1, 0.15) is 24.6 Å². The van der Waals surface area contributed by atoms with E-state index in [0.717, 1.165) is 12.8 Å². The highest BCUT2D eigenvalue weighted by molar-refractivity contribution is 6.30. The second-order valence-corrected chi connectivity index (χ2v) is 10.2. The Morgan fingerprint density at radius 3 is 2.75 bits per heavy atom. The maximum absolute atomic E-state index is 12.6. The molecule has 214 valence electrons. The Labute approximate surface area is 235 Å². The Bertz CT molecular complexity index is 1380. The van der Waals surface area contributed by atoms with Gasteiger partial charge in [0.25, 0.3) is 11.8 Å². The van der Waals surface area contributed by atoms with Crippen molar-refractivity contribution in [2.75, 3.05) is 32.1 Å². The number of aliphatic hydroxyl groups excluding tert-OH is 1. The lowest BCUT2D eigenvalue weighted by Crippen LogP contribution is -2.46. The van der Waals surface area contributed by atoms with Gasteiger partial charge in [-0.05, 0) is 31.0 Å². The van der Waals surface area contributed by atoms with Gasteiger partial charge in [0.2, 0.25) is 0 Å². The summed E-state index contributed by atoms with van der Waals surface area (Å²) in [6, 6.07) is 4.36. The van der Waals surface area contributed by atoms with Gasteiger partial charge in [0.15, 0.2) is 35.9 Å². The number of carbonyl (C=O) groups excluding carboxylic acids is 2. The molecule has 3 aromatic rings. The molecule has 1 aromatic carbocycles. The summed E-state index contributed by atoms with van der Waals surface area (Å²) in [6.45, 7) is 1.40. The summed E-state index contributed by atoms with van der Waals surface area (Å²) in [4.78, 5) is 39.5. The lowest BCUT2D eigenvalue weighted by molar-refractivity contribution is -0.135. The van der Waals surface area contributed by atoms with E-state index >= 15 is 0 Å². The molecule has 0 spiro atoms. The number of nitrogens with two attached hydrogens (primary N) is 2. The Morgan fingerprint density at radius 1 is 1.23 bits per heavy atom. The maximum atomic E-state index is 12.6. The smallest absolute Gasteiger partial charge is 0.260 e. The number of anilines is 1. The molecule has 0 aliphatic carbocycles. The number of hydrogen-bond donors (Lipinski definition) is 5. The van der Waals surface area contributed by atoms with Crippen molar-refractivity contribution in [2.24, 2.45) is 11.5 Å². The second kappa shape index (κ2) is 11.9. The van der Waals surface area contributed by atoms with Gasteiger partial charge in [0.1, 0.15) is 18.2 Å². The van der Waals surface area contributed by atoms with Gasteiger partial charge in [0, 0.05) is 43.3 Å². The molecule has 14 nitrogen and oxygen atoms in total. The van der Waals surface area contributed by atoms with Gasteiger partial charge in [-0.15, -0.1) is 0 Å². The summed E-state index contributed by atoms with van der Waals surface area (Å²) in [6.07, 6.45) is 1.19. The minimum atomic E-state index is -1.17. The first kappa shape index (κ1) is 28.0. The number of nitrogens with zero attached hydrogens (tertiary/aromatic N) is 5. The number of hydrogen-bond acceptors (Lipinski definition) is 11. The van der Waals surface area contributed by atoms with E-state index < -0.39 is 30.4 Å². The van der Waals surface area contributed by atoms with Gasteiger partial charge < -0.3 is 41.6 Å². The van der Waals surface area contributed by atoms with Crippen LogP contribution in [0.25, 0.3) is 11.2 Å². The highest BCUT2D eigenvalue weighted by Gasteiger charge is 2.46. The van der Waals surface area contributed by atoms with E-state index in [9.17, 15) is 14.7 Å². The molecule has 4 heterocycles. The fourth-order valence-electron chi connectivity index (χ4n) is 4.85. The molecular weight excluding hydrogens is 542 g/mol. The zero-order valence-electron chi connectivity index (χ0n) is 21.9. The van der Waals surface area contributed by atoms with Gasteiger partial charge in [-0.1, -0.05) is 11.6 Å². The van der Waals surface area contributed by atoms with Gasteiger partial charge in [-0.3, -0.25) is 14.2 Å². The molecule has 0 unspecified atom stereocenters. The van der Waals surface area contributed by atoms with Crippen LogP contribution in [0.2, 0.25) is 5.02 Å². The average Bonchev–Trinajstić information content (AvgIpc) is 3.52. The number of rotatable bonds is 8. The number of likely N-dealkylation sites (tertiary alicyclic amines) is 1.